The lowest BCUT2D eigenvalue weighted by Gasteiger charge is -2.42. The molecule has 2 saturated heterocycles. The van der Waals surface area contributed by atoms with Crippen molar-refractivity contribution in [2.45, 2.75) is 81.5 Å². The average Bonchev–Trinajstić information content (AvgIpc) is 2.98. The van der Waals surface area contributed by atoms with Crippen LogP contribution in [0.4, 0.5) is 0 Å². The number of hydrogen-bond acceptors (Lipinski definition) is 5. The zero-order valence-corrected chi connectivity index (χ0v) is 21.5. The zero-order valence-electron chi connectivity index (χ0n) is 20.7. The van der Waals surface area contributed by atoms with Crippen LogP contribution in [0.15, 0.2) is 24.3 Å². The molecular weight excluding hydrogens is 450 g/mol. The molecule has 34 heavy (non-hydrogen) atoms. The van der Waals surface area contributed by atoms with Crippen molar-refractivity contribution < 1.29 is 18.0 Å². The van der Waals surface area contributed by atoms with Gasteiger partial charge in [0.2, 0.25) is 11.8 Å². The van der Waals surface area contributed by atoms with Crippen molar-refractivity contribution in [3.8, 4) is 0 Å². The van der Waals surface area contributed by atoms with Gasteiger partial charge in [-0.3, -0.25) is 14.5 Å². The molecule has 3 fully saturated rings. The molecule has 188 valence electrons. The smallest absolute Gasteiger partial charge is 0.248 e. The van der Waals surface area contributed by atoms with Crippen molar-refractivity contribution in [2.24, 2.45) is 11.7 Å². The van der Waals surface area contributed by atoms with E-state index in [9.17, 15) is 18.0 Å². The Kier molecular flexibility index (Phi) is 7.11. The van der Waals surface area contributed by atoms with Gasteiger partial charge in [-0.05, 0) is 81.9 Å². The van der Waals surface area contributed by atoms with E-state index < -0.39 is 20.5 Å². The molecule has 1 saturated carbocycles. The van der Waals surface area contributed by atoms with Crippen LogP contribution >= 0.6 is 0 Å². The molecule has 0 spiro atoms. The number of amides is 2. The van der Waals surface area contributed by atoms with Crippen molar-refractivity contribution in [3.63, 3.8) is 0 Å². The first-order valence-corrected chi connectivity index (χ1v) is 14.5. The Hall–Kier alpha value is -1.93. The number of nitrogens with two attached hydrogens (primary N) is 1. The van der Waals surface area contributed by atoms with Gasteiger partial charge in [0.05, 0.1) is 0 Å². The van der Waals surface area contributed by atoms with Crippen LogP contribution in [0.2, 0.25) is 0 Å². The third-order valence-corrected chi connectivity index (χ3v) is 10.6. The van der Waals surface area contributed by atoms with Crippen LogP contribution in [-0.4, -0.2) is 72.8 Å². The number of benzene rings is 1. The topological polar surface area (TPSA) is 101 Å². The van der Waals surface area contributed by atoms with Crippen LogP contribution in [0.3, 0.4) is 0 Å². The fourth-order valence-corrected chi connectivity index (χ4v) is 6.34. The lowest BCUT2D eigenvalue weighted by Crippen LogP contribution is -2.54. The van der Waals surface area contributed by atoms with Gasteiger partial charge in [-0.15, -0.1) is 0 Å². The number of piperidine rings is 1. The van der Waals surface area contributed by atoms with Crippen LogP contribution in [0.25, 0.3) is 0 Å². The molecule has 7 nitrogen and oxygen atoms in total. The van der Waals surface area contributed by atoms with E-state index in [1.54, 1.807) is 6.07 Å². The van der Waals surface area contributed by atoms with E-state index in [0.717, 1.165) is 51.3 Å². The molecule has 3 aliphatic rings. The number of primary amides is 1. The maximum absolute atomic E-state index is 13.4. The van der Waals surface area contributed by atoms with Crippen molar-refractivity contribution in [2.75, 3.05) is 25.9 Å². The van der Waals surface area contributed by atoms with Crippen molar-refractivity contribution >= 4 is 21.7 Å². The maximum atomic E-state index is 13.4. The number of nitrogens with zero attached hydrogens (tertiary/aromatic N) is 2. The van der Waals surface area contributed by atoms with E-state index in [1.165, 1.54) is 25.8 Å². The largest absolute Gasteiger partial charge is 0.366 e. The second-order valence-corrected chi connectivity index (χ2v) is 13.7. The molecule has 2 heterocycles. The number of fused-ring (bicyclic) bond motifs is 2. The lowest BCUT2D eigenvalue weighted by atomic mass is 9.84. The quantitative estimate of drug-likeness (QED) is 0.575. The summed E-state index contributed by atoms with van der Waals surface area (Å²) in [5.41, 5.74) is 7.23. The molecule has 1 unspecified atom stereocenters. The highest BCUT2D eigenvalue weighted by molar-refractivity contribution is 7.92. The van der Waals surface area contributed by atoms with Gasteiger partial charge in [0.15, 0.2) is 9.84 Å². The van der Waals surface area contributed by atoms with Crippen LogP contribution in [0.5, 0.6) is 0 Å². The molecule has 2 aliphatic heterocycles. The number of sulfone groups is 1. The van der Waals surface area contributed by atoms with E-state index in [0.29, 0.717) is 42.6 Å². The number of hydrogen-bond donors (Lipinski definition) is 1. The van der Waals surface area contributed by atoms with Crippen LogP contribution in [0.1, 0.15) is 80.6 Å². The summed E-state index contributed by atoms with van der Waals surface area (Å²) in [6, 6.07) is 8.61. The Balaban J connectivity index is 1.43. The van der Waals surface area contributed by atoms with Gasteiger partial charge in [0.1, 0.15) is 4.75 Å². The Morgan fingerprint density at radius 2 is 1.76 bits per heavy atom. The summed E-state index contributed by atoms with van der Waals surface area (Å²) in [7, 11) is -3.51. The molecular formula is C26H39N3O4S. The molecule has 8 heteroatoms. The van der Waals surface area contributed by atoms with Gasteiger partial charge in [0, 0.05) is 43.5 Å². The summed E-state index contributed by atoms with van der Waals surface area (Å²) < 4.78 is 23.3. The number of carbonyl (C=O) groups excluding carboxylic acids is 2. The van der Waals surface area contributed by atoms with E-state index in [-0.39, 0.29) is 5.91 Å². The maximum Gasteiger partial charge on any atom is 0.248 e. The second kappa shape index (κ2) is 9.61. The molecule has 4 rings (SSSR count). The average molecular weight is 490 g/mol. The molecule has 0 aromatic heterocycles. The van der Waals surface area contributed by atoms with Gasteiger partial charge in [0.25, 0.3) is 0 Å². The van der Waals surface area contributed by atoms with Gasteiger partial charge in [-0.2, -0.15) is 0 Å². The third-order valence-electron chi connectivity index (χ3n) is 8.59. The fraction of sp³-hybridized carbons (Fsp3) is 0.692. The minimum atomic E-state index is -3.51. The van der Waals surface area contributed by atoms with Crippen molar-refractivity contribution in [1.82, 2.24) is 9.80 Å². The Bertz CT molecular complexity index is 1020. The highest BCUT2D eigenvalue weighted by atomic mass is 32.2. The summed E-state index contributed by atoms with van der Waals surface area (Å²) in [6.45, 7) is 5.08. The first kappa shape index (κ1) is 25.2. The van der Waals surface area contributed by atoms with Crippen LogP contribution in [-0.2, 0) is 14.6 Å². The Labute approximate surface area is 204 Å². The first-order chi connectivity index (χ1) is 16.0. The van der Waals surface area contributed by atoms with E-state index in [1.807, 2.05) is 17.0 Å². The van der Waals surface area contributed by atoms with Gasteiger partial charge in [-0.1, -0.05) is 18.6 Å². The first-order valence-electron chi connectivity index (χ1n) is 12.6. The molecule has 1 aromatic rings. The summed E-state index contributed by atoms with van der Waals surface area (Å²) in [4.78, 5) is 29.3. The van der Waals surface area contributed by atoms with Crippen molar-refractivity contribution in [3.05, 3.63) is 35.4 Å². The highest BCUT2D eigenvalue weighted by Crippen LogP contribution is 2.43. The molecule has 1 aromatic carbocycles. The SMILES string of the molecule is CC(C)(C(=O)N(CCN1[C@@H]2CC[C@H]1CC(c1cccc(C(N)=O)c1)C2)CC1CCC1)S(C)(=O)=O. The predicted molar refractivity (Wildman–Crippen MR) is 133 cm³/mol. The predicted octanol–water partition coefficient (Wildman–Crippen LogP) is 2.95. The summed E-state index contributed by atoms with van der Waals surface area (Å²) in [5.74, 6) is 0.229. The van der Waals surface area contributed by atoms with E-state index in [2.05, 4.69) is 11.0 Å². The zero-order chi connectivity index (χ0) is 24.7. The van der Waals surface area contributed by atoms with E-state index >= 15 is 0 Å². The van der Waals surface area contributed by atoms with Gasteiger partial charge >= 0.3 is 0 Å². The molecule has 0 radical (unpaired) electrons. The standard InChI is InChI=1S/C26H39N3O4S/c1-26(2,34(3,32)33)25(31)28(17-18-6-4-7-18)12-13-29-22-10-11-23(29)16-21(15-22)19-8-5-9-20(14-19)24(27)30/h5,8-9,14,18,21-23H,4,6-7,10-13,15-17H2,1-3H3,(H2,27,30)/t21?,22-,23+. The summed E-state index contributed by atoms with van der Waals surface area (Å²) >= 11 is 0. The fourth-order valence-electron chi connectivity index (χ4n) is 5.90. The number of rotatable bonds is 9. The third kappa shape index (κ3) is 5.03. The Morgan fingerprint density at radius 3 is 2.29 bits per heavy atom. The van der Waals surface area contributed by atoms with E-state index in [4.69, 9.17) is 5.73 Å². The van der Waals surface area contributed by atoms with Gasteiger partial charge in [-0.25, -0.2) is 8.42 Å². The summed E-state index contributed by atoms with van der Waals surface area (Å²) in [6.07, 6.45) is 8.92. The second-order valence-electron chi connectivity index (χ2n) is 11.1. The number of carbonyl (C=O) groups is 2. The lowest BCUT2D eigenvalue weighted by molar-refractivity contribution is -0.134. The minimum absolute atomic E-state index is 0.271. The molecule has 2 N–H and O–H groups in total. The molecule has 1 aliphatic carbocycles. The molecule has 2 bridgehead atoms. The minimum Gasteiger partial charge on any atom is -0.366 e. The Morgan fingerprint density at radius 1 is 1.12 bits per heavy atom. The van der Waals surface area contributed by atoms with Crippen LogP contribution in [0, 0.1) is 5.92 Å². The van der Waals surface area contributed by atoms with Crippen LogP contribution < -0.4 is 5.73 Å². The highest BCUT2D eigenvalue weighted by Gasteiger charge is 2.44. The molecule has 3 atom stereocenters. The monoisotopic (exact) mass is 489 g/mol. The molecule has 2 amide bonds. The van der Waals surface area contributed by atoms with Gasteiger partial charge < -0.3 is 10.6 Å². The normalized spacial score (nSPS) is 25.7. The summed E-state index contributed by atoms with van der Waals surface area (Å²) in [5, 5.41) is 0. The van der Waals surface area contributed by atoms with Crippen molar-refractivity contribution in [1.29, 1.82) is 0 Å².